The van der Waals surface area contributed by atoms with E-state index in [0.717, 1.165) is 67.5 Å². The third-order valence-corrected chi connectivity index (χ3v) is 5.13. The number of ether oxygens (including phenoxy) is 3. The standard InChI is InChI=1S/C22H26N4O3/c1-27-18-7-8-21(28-2)17(15-18)16-23-22-24-19-5-3-4-6-20(19)26(22)10-9-25-11-13-29-14-12-25/h3-8,15-16H,9-14H2,1-2H3. The van der Waals surface area contributed by atoms with Crippen molar-refractivity contribution in [1.29, 1.82) is 0 Å². The molecule has 4 rings (SSSR count). The number of para-hydroxylation sites is 2. The van der Waals surface area contributed by atoms with E-state index in [9.17, 15) is 0 Å². The van der Waals surface area contributed by atoms with Crippen LogP contribution in [0.5, 0.6) is 11.5 Å². The van der Waals surface area contributed by atoms with Crippen molar-refractivity contribution in [3.63, 3.8) is 0 Å². The molecule has 2 heterocycles. The average Bonchev–Trinajstić information content (AvgIpc) is 3.14. The van der Waals surface area contributed by atoms with Gasteiger partial charge in [0.1, 0.15) is 11.5 Å². The summed E-state index contributed by atoms with van der Waals surface area (Å²) in [6.07, 6.45) is 1.79. The minimum absolute atomic E-state index is 0.685. The lowest BCUT2D eigenvalue weighted by atomic mass is 10.2. The zero-order chi connectivity index (χ0) is 20.1. The molecule has 1 saturated heterocycles. The van der Waals surface area contributed by atoms with E-state index < -0.39 is 0 Å². The molecule has 2 aromatic carbocycles. The van der Waals surface area contributed by atoms with Gasteiger partial charge in [-0.1, -0.05) is 12.1 Å². The second-order valence-corrected chi connectivity index (χ2v) is 6.87. The predicted octanol–water partition coefficient (Wildman–Crippen LogP) is 3.14. The van der Waals surface area contributed by atoms with Crippen LogP contribution in [-0.2, 0) is 11.3 Å². The van der Waals surface area contributed by atoms with E-state index in [1.807, 2.05) is 36.4 Å². The van der Waals surface area contributed by atoms with E-state index in [-0.39, 0.29) is 0 Å². The van der Waals surface area contributed by atoms with Crippen molar-refractivity contribution in [2.24, 2.45) is 4.99 Å². The maximum absolute atomic E-state index is 5.46. The molecule has 0 unspecified atom stereocenters. The first-order chi connectivity index (χ1) is 14.3. The van der Waals surface area contributed by atoms with Crippen molar-refractivity contribution in [1.82, 2.24) is 14.5 Å². The first-order valence-corrected chi connectivity index (χ1v) is 9.80. The fraction of sp³-hybridized carbons (Fsp3) is 0.364. The highest BCUT2D eigenvalue weighted by atomic mass is 16.5. The van der Waals surface area contributed by atoms with Crippen molar-refractivity contribution in [2.75, 3.05) is 47.1 Å². The number of aromatic nitrogens is 2. The highest BCUT2D eigenvalue weighted by Gasteiger charge is 2.14. The molecule has 1 fully saturated rings. The highest BCUT2D eigenvalue weighted by Crippen LogP contribution is 2.25. The van der Waals surface area contributed by atoms with Crippen molar-refractivity contribution in [2.45, 2.75) is 6.54 Å². The summed E-state index contributed by atoms with van der Waals surface area (Å²) in [7, 11) is 3.30. The molecule has 152 valence electrons. The Morgan fingerprint density at radius 1 is 1.07 bits per heavy atom. The van der Waals surface area contributed by atoms with Crippen molar-refractivity contribution in [3.8, 4) is 11.5 Å². The normalized spacial score (nSPS) is 15.2. The molecule has 3 aromatic rings. The van der Waals surface area contributed by atoms with Crippen LogP contribution in [0.15, 0.2) is 47.5 Å². The van der Waals surface area contributed by atoms with Crippen LogP contribution in [0.25, 0.3) is 11.0 Å². The number of aliphatic imine (C=N–C) groups is 1. The monoisotopic (exact) mass is 394 g/mol. The molecule has 7 heteroatoms. The van der Waals surface area contributed by atoms with Gasteiger partial charge in [-0.05, 0) is 30.3 Å². The van der Waals surface area contributed by atoms with Crippen LogP contribution in [-0.4, -0.2) is 67.7 Å². The van der Waals surface area contributed by atoms with Crippen molar-refractivity contribution >= 4 is 23.2 Å². The van der Waals surface area contributed by atoms with Gasteiger partial charge in [0, 0.05) is 38.0 Å². The number of fused-ring (bicyclic) bond motifs is 1. The van der Waals surface area contributed by atoms with Gasteiger partial charge in [-0.2, -0.15) is 0 Å². The van der Waals surface area contributed by atoms with Gasteiger partial charge in [0.2, 0.25) is 5.95 Å². The third kappa shape index (κ3) is 4.41. The predicted molar refractivity (Wildman–Crippen MR) is 114 cm³/mol. The Balaban J connectivity index is 1.63. The number of hydrogen-bond donors (Lipinski definition) is 0. The summed E-state index contributed by atoms with van der Waals surface area (Å²) >= 11 is 0. The minimum Gasteiger partial charge on any atom is -0.497 e. The first kappa shape index (κ1) is 19.4. The molecule has 0 amide bonds. The number of nitrogens with zero attached hydrogens (tertiary/aromatic N) is 4. The Labute approximate surface area is 170 Å². The second-order valence-electron chi connectivity index (χ2n) is 6.87. The number of benzene rings is 2. The van der Waals surface area contributed by atoms with Gasteiger partial charge in [-0.25, -0.2) is 9.98 Å². The molecule has 0 bridgehead atoms. The van der Waals surface area contributed by atoms with Crippen LogP contribution >= 0.6 is 0 Å². The molecular formula is C22H26N4O3. The van der Waals surface area contributed by atoms with Gasteiger partial charge in [0.15, 0.2) is 0 Å². The molecule has 7 nitrogen and oxygen atoms in total. The van der Waals surface area contributed by atoms with Crippen molar-refractivity contribution in [3.05, 3.63) is 48.0 Å². The molecule has 29 heavy (non-hydrogen) atoms. The Bertz CT molecular complexity index is 993. The number of methoxy groups -OCH3 is 2. The zero-order valence-electron chi connectivity index (χ0n) is 16.9. The van der Waals surface area contributed by atoms with Gasteiger partial charge in [0.05, 0.1) is 38.5 Å². The molecule has 0 radical (unpaired) electrons. The number of imidazole rings is 1. The molecule has 1 aliphatic heterocycles. The van der Waals surface area contributed by atoms with Crippen molar-refractivity contribution < 1.29 is 14.2 Å². The van der Waals surface area contributed by atoms with Crippen LogP contribution in [0.3, 0.4) is 0 Å². The minimum atomic E-state index is 0.685. The smallest absolute Gasteiger partial charge is 0.230 e. The quantitative estimate of drug-likeness (QED) is 0.576. The summed E-state index contributed by atoms with van der Waals surface area (Å²) in [5.41, 5.74) is 2.88. The summed E-state index contributed by atoms with van der Waals surface area (Å²) in [6, 6.07) is 13.8. The maximum Gasteiger partial charge on any atom is 0.230 e. The molecule has 1 aromatic heterocycles. The summed E-state index contributed by atoms with van der Waals surface area (Å²) in [6.45, 7) is 5.28. The lowest BCUT2D eigenvalue weighted by Crippen LogP contribution is -2.38. The number of morpholine rings is 1. The topological polar surface area (TPSA) is 61.1 Å². The maximum atomic E-state index is 5.46. The average molecular weight is 394 g/mol. The SMILES string of the molecule is COc1ccc(OC)c(C=Nc2nc3ccccc3n2CCN2CCOCC2)c1. The van der Waals surface area contributed by atoms with Gasteiger partial charge in [0.25, 0.3) is 0 Å². The van der Waals surface area contributed by atoms with E-state index in [2.05, 4.69) is 15.5 Å². The Morgan fingerprint density at radius 2 is 1.90 bits per heavy atom. The summed E-state index contributed by atoms with van der Waals surface area (Å²) in [4.78, 5) is 11.9. The van der Waals surface area contributed by atoms with Crippen LogP contribution in [0.2, 0.25) is 0 Å². The Kier molecular flexibility index (Phi) is 6.07. The summed E-state index contributed by atoms with van der Waals surface area (Å²) in [5, 5.41) is 0. The van der Waals surface area contributed by atoms with Crippen LogP contribution < -0.4 is 9.47 Å². The molecule has 0 saturated carbocycles. The van der Waals surface area contributed by atoms with E-state index in [1.165, 1.54) is 0 Å². The van der Waals surface area contributed by atoms with Crippen LogP contribution in [0, 0.1) is 0 Å². The number of hydrogen-bond acceptors (Lipinski definition) is 6. The van der Waals surface area contributed by atoms with E-state index >= 15 is 0 Å². The number of rotatable bonds is 7. The summed E-state index contributed by atoms with van der Waals surface area (Å²) < 4.78 is 18.4. The molecule has 0 N–H and O–H groups in total. The highest BCUT2D eigenvalue weighted by molar-refractivity contribution is 5.87. The Morgan fingerprint density at radius 3 is 2.69 bits per heavy atom. The lowest BCUT2D eigenvalue weighted by Gasteiger charge is -2.26. The molecule has 0 spiro atoms. The van der Waals surface area contributed by atoms with E-state index in [0.29, 0.717) is 5.95 Å². The first-order valence-electron chi connectivity index (χ1n) is 9.80. The lowest BCUT2D eigenvalue weighted by molar-refractivity contribution is 0.0366. The van der Waals surface area contributed by atoms with Gasteiger partial charge < -0.3 is 18.8 Å². The third-order valence-electron chi connectivity index (χ3n) is 5.13. The fourth-order valence-corrected chi connectivity index (χ4v) is 3.52. The fourth-order valence-electron chi connectivity index (χ4n) is 3.52. The van der Waals surface area contributed by atoms with Gasteiger partial charge in [-0.15, -0.1) is 0 Å². The van der Waals surface area contributed by atoms with Crippen LogP contribution in [0.4, 0.5) is 5.95 Å². The second kappa shape index (κ2) is 9.07. The van der Waals surface area contributed by atoms with Gasteiger partial charge in [-0.3, -0.25) is 4.90 Å². The zero-order valence-corrected chi connectivity index (χ0v) is 16.9. The molecule has 0 atom stereocenters. The van der Waals surface area contributed by atoms with Crippen LogP contribution in [0.1, 0.15) is 5.56 Å². The molecule has 0 aliphatic carbocycles. The van der Waals surface area contributed by atoms with E-state index in [1.54, 1.807) is 20.4 Å². The largest absolute Gasteiger partial charge is 0.497 e. The molecule has 1 aliphatic rings. The summed E-state index contributed by atoms with van der Waals surface area (Å²) in [5.74, 6) is 2.18. The molecular weight excluding hydrogens is 368 g/mol. The van der Waals surface area contributed by atoms with Gasteiger partial charge >= 0.3 is 0 Å². The van der Waals surface area contributed by atoms with E-state index in [4.69, 9.17) is 24.2 Å². The Hall–Kier alpha value is -2.90.